The summed E-state index contributed by atoms with van der Waals surface area (Å²) in [5, 5.41) is 136. The Morgan fingerprint density at radius 1 is 0.904 bits per heavy atom. The van der Waals surface area contributed by atoms with E-state index in [-0.39, 0.29) is 42.7 Å². The average molecular weight is 1060 g/mol. The van der Waals surface area contributed by atoms with E-state index in [0.717, 1.165) is 32.1 Å². The van der Waals surface area contributed by atoms with E-state index >= 15 is 0 Å². The van der Waals surface area contributed by atoms with Crippen LogP contribution in [0.5, 0.6) is 5.75 Å². The van der Waals surface area contributed by atoms with Gasteiger partial charge in [-0.2, -0.15) is 12.6 Å². The summed E-state index contributed by atoms with van der Waals surface area (Å²) in [6.07, 6.45) is -21.0. The maximum atomic E-state index is 13.6. The van der Waals surface area contributed by atoms with Crippen molar-refractivity contribution < 1.29 is 104 Å². The average Bonchev–Trinajstić information content (AvgIpc) is 3.84. The highest BCUT2D eigenvalue weighted by Crippen LogP contribution is 2.36. The number of phenolic OH excluding ortho intramolecular Hbond substituents is 1. The third-order valence-electron chi connectivity index (χ3n) is 13.4. The van der Waals surface area contributed by atoms with E-state index in [1.807, 2.05) is 0 Å². The van der Waals surface area contributed by atoms with Crippen LogP contribution >= 0.6 is 12.6 Å². The number of nitrogens with one attached hydrogen (secondary N) is 3. The van der Waals surface area contributed by atoms with Gasteiger partial charge in [-0.05, 0) is 55.7 Å². The van der Waals surface area contributed by atoms with Crippen LogP contribution in [0.25, 0.3) is 0 Å². The van der Waals surface area contributed by atoms with E-state index in [9.17, 15) is 75.3 Å². The molecule has 6 rings (SSSR count). The van der Waals surface area contributed by atoms with Crippen LogP contribution < -0.4 is 16.0 Å². The highest BCUT2D eigenvalue weighted by atomic mass is 32.1. The first-order valence-electron chi connectivity index (χ1n) is 24.0. The summed E-state index contributed by atoms with van der Waals surface area (Å²) in [6, 6.07) is 1.09. The SMILES string of the molecule is Cc1cc(C(=O)NC[C@@H](O)[C@@H](O)[C@@H]2OC(OCC3O[C@@H](O[C@@H]4C(CO)O[C@@H](OCCNC(=O)CCS)C(O)[C@H]4O)C(O)[C@@H](O)[C@H]3O)(C(=O)O)CC(O)[C@H]2NC(=O)Cn2cc(C3CCCCC3)nn2)cc(C)c1O. The largest absolute Gasteiger partial charge is 0.507 e. The van der Waals surface area contributed by atoms with E-state index in [4.69, 9.17) is 28.4 Å². The minimum absolute atomic E-state index is 0.00763. The maximum absolute atomic E-state index is 13.6. The minimum Gasteiger partial charge on any atom is -0.507 e. The van der Waals surface area contributed by atoms with E-state index in [0.29, 0.717) is 22.6 Å². The van der Waals surface area contributed by atoms with Crippen LogP contribution in [-0.4, -0.2) is 231 Å². The van der Waals surface area contributed by atoms with Gasteiger partial charge in [-0.3, -0.25) is 14.4 Å². The van der Waals surface area contributed by atoms with Gasteiger partial charge in [-0.25, -0.2) is 9.48 Å². The number of nitrogens with zero attached hydrogens (tertiary/aromatic N) is 3. The number of aliphatic hydroxyl groups excluding tert-OH is 9. The van der Waals surface area contributed by atoms with Gasteiger partial charge in [0, 0.05) is 43.6 Å². The lowest BCUT2D eigenvalue weighted by Crippen LogP contribution is -2.69. The zero-order valence-corrected chi connectivity index (χ0v) is 41.1. The van der Waals surface area contributed by atoms with Crippen LogP contribution in [0, 0.1) is 13.8 Å². The molecule has 3 saturated heterocycles. The second-order valence-electron chi connectivity index (χ2n) is 18.7. The zero-order chi connectivity index (χ0) is 53.3. The summed E-state index contributed by atoms with van der Waals surface area (Å²) in [7, 11) is 0. The Hall–Kier alpha value is -4.21. The van der Waals surface area contributed by atoms with Crippen LogP contribution in [0.15, 0.2) is 18.3 Å². The molecule has 28 heteroatoms. The number of benzene rings is 1. The van der Waals surface area contributed by atoms with Crippen LogP contribution in [-0.2, 0) is 49.3 Å². The number of carboxylic acid groups (broad SMARTS) is 1. The third kappa shape index (κ3) is 14.2. The van der Waals surface area contributed by atoms with Crippen LogP contribution in [0.1, 0.15) is 78.0 Å². The summed E-state index contributed by atoms with van der Waals surface area (Å²) in [6.45, 7) is -0.103. The Kier molecular flexibility index (Phi) is 20.7. The number of aliphatic hydroxyl groups is 9. The number of carboxylic acids is 1. The molecule has 27 nitrogen and oxygen atoms in total. The Labute approximate surface area is 424 Å². The quantitative estimate of drug-likeness (QED) is 0.0389. The highest BCUT2D eigenvalue weighted by molar-refractivity contribution is 7.80. The molecule has 0 spiro atoms. The summed E-state index contributed by atoms with van der Waals surface area (Å²) in [5.74, 6) is -6.34. The third-order valence-corrected chi connectivity index (χ3v) is 13.6. The lowest BCUT2D eigenvalue weighted by Gasteiger charge is -2.48. The van der Waals surface area contributed by atoms with Gasteiger partial charge in [-0.15, -0.1) is 5.10 Å². The van der Waals surface area contributed by atoms with Crippen molar-refractivity contribution >= 4 is 36.3 Å². The van der Waals surface area contributed by atoms with Crippen molar-refractivity contribution in [2.24, 2.45) is 0 Å². The summed E-state index contributed by atoms with van der Waals surface area (Å²) in [5.41, 5.74) is 1.54. The number of amides is 3. The fourth-order valence-corrected chi connectivity index (χ4v) is 9.45. The van der Waals surface area contributed by atoms with Gasteiger partial charge in [0.25, 0.3) is 11.7 Å². The number of carbonyl (C=O) groups excluding carboxylic acids is 3. The normalized spacial score (nSPS) is 32.8. The Bertz CT molecular complexity index is 2150. The molecule has 410 valence electrons. The van der Waals surface area contributed by atoms with Gasteiger partial charge in [0.2, 0.25) is 11.8 Å². The van der Waals surface area contributed by atoms with Crippen molar-refractivity contribution in [3.05, 3.63) is 40.7 Å². The molecule has 1 aromatic heterocycles. The van der Waals surface area contributed by atoms with Crippen molar-refractivity contribution in [3.8, 4) is 5.75 Å². The number of aromatic hydroxyl groups is 1. The molecule has 2 aromatic rings. The number of phenols is 1. The zero-order valence-electron chi connectivity index (χ0n) is 40.2. The number of aromatic nitrogens is 3. The predicted octanol–water partition coefficient (Wildman–Crippen LogP) is -4.68. The molecule has 3 aliphatic heterocycles. The molecule has 4 fully saturated rings. The molecule has 0 radical (unpaired) electrons. The number of ether oxygens (including phenoxy) is 6. The summed E-state index contributed by atoms with van der Waals surface area (Å²) < 4.78 is 35.4. The molecular weight excluding hydrogens is 993 g/mol. The van der Waals surface area contributed by atoms with E-state index in [2.05, 4.69) is 38.9 Å². The fraction of sp³-hybridized carbons (Fsp3) is 0.733. The Balaban J connectivity index is 1.16. The molecule has 14 N–H and O–H groups in total. The lowest BCUT2D eigenvalue weighted by molar-refractivity contribution is -0.367. The molecule has 6 unspecified atom stereocenters. The molecule has 3 amide bonds. The number of hydrogen-bond donors (Lipinski definition) is 15. The Morgan fingerprint density at radius 3 is 2.23 bits per heavy atom. The fourth-order valence-electron chi connectivity index (χ4n) is 9.25. The van der Waals surface area contributed by atoms with Crippen molar-refractivity contribution in [1.29, 1.82) is 0 Å². The number of thiol groups is 1. The first-order valence-corrected chi connectivity index (χ1v) is 24.7. The molecule has 1 saturated carbocycles. The number of rotatable bonds is 22. The van der Waals surface area contributed by atoms with E-state index in [1.165, 1.54) is 16.8 Å². The second kappa shape index (κ2) is 26.0. The number of hydrogen-bond acceptors (Lipinski definition) is 23. The number of aliphatic carboxylic acids is 1. The highest BCUT2D eigenvalue weighted by Gasteiger charge is 2.57. The predicted molar refractivity (Wildman–Crippen MR) is 248 cm³/mol. The number of carbonyl (C=O) groups is 4. The van der Waals surface area contributed by atoms with Gasteiger partial charge < -0.3 is 101 Å². The maximum Gasteiger partial charge on any atom is 0.364 e. The van der Waals surface area contributed by atoms with Gasteiger partial charge >= 0.3 is 5.97 Å². The van der Waals surface area contributed by atoms with Crippen LogP contribution in [0.2, 0.25) is 0 Å². The molecule has 4 aliphatic rings. The van der Waals surface area contributed by atoms with Crippen LogP contribution in [0.4, 0.5) is 0 Å². The van der Waals surface area contributed by atoms with Gasteiger partial charge in [-0.1, -0.05) is 24.5 Å². The van der Waals surface area contributed by atoms with E-state index < -0.39 is 148 Å². The topological polar surface area (TPSA) is 413 Å². The molecule has 1 aromatic carbocycles. The molecule has 73 heavy (non-hydrogen) atoms. The molecule has 4 heterocycles. The first kappa shape index (κ1) is 58.1. The Morgan fingerprint density at radius 2 is 1.58 bits per heavy atom. The molecule has 16 atom stereocenters. The minimum atomic E-state index is -2.98. The van der Waals surface area contributed by atoms with Crippen molar-refractivity contribution in [3.63, 3.8) is 0 Å². The smallest absolute Gasteiger partial charge is 0.364 e. The lowest BCUT2D eigenvalue weighted by atomic mass is 9.87. The van der Waals surface area contributed by atoms with Crippen molar-refractivity contribution in [2.45, 2.75) is 169 Å². The van der Waals surface area contributed by atoms with Crippen molar-refractivity contribution in [2.75, 3.05) is 38.7 Å². The van der Waals surface area contributed by atoms with E-state index in [1.54, 1.807) is 20.0 Å². The van der Waals surface area contributed by atoms with Crippen LogP contribution in [0.3, 0.4) is 0 Å². The second-order valence-corrected chi connectivity index (χ2v) is 19.2. The first-order chi connectivity index (χ1) is 34.7. The van der Waals surface area contributed by atoms with Gasteiger partial charge in [0.05, 0.1) is 43.8 Å². The summed E-state index contributed by atoms with van der Waals surface area (Å²) in [4.78, 5) is 51.6. The molecular formula is C45H68N6O21S. The standard InChI is InChI=1S/C45H68N6O21S/c1-20-12-23(13-21(2)32(20)57)41(64)47-15-26(54)33(58)40-31(48-30(56)17-51-16-24(49-50-51)22-6-4-3-5-7-22)25(53)14-45(72-40,44(65)66)68-19-28-34(59)35(60)37(62)43(70-28)71-39-27(18-52)69-42(38(63)36(39)61)67-10-9-46-29(55)8-11-73/h12-13,16,22,25-28,31,33-40,42-43,52-54,57-63,73H,3-11,14-15,17-19H2,1-2H3,(H,46,55)(H,47,64)(H,48,56)(H,65,66)/t25?,26-,27?,28?,31-,33-,34+,35+,36-,37?,38?,39-,40-,42-,43+,45?/m1/s1. The van der Waals surface area contributed by atoms with Gasteiger partial charge in [0.15, 0.2) is 12.6 Å². The summed E-state index contributed by atoms with van der Waals surface area (Å²) >= 11 is 3.98. The molecule has 0 bridgehead atoms. The van der Waals surface area contributed by atoms with Gasteiger partial charge in [0.1, 0.15) is 73.3 Å². The number of aryl methyl sites for hydroxylation is 2. The monoisotopic (exact) mass is 1060 g/mol. The molecule has 1 aliphatic carbocycles. The van der Waals surface area contributed by atoms with Crippen molar-refractivity contribution in [1.82, 2.24) is 30.9 Å².